The predicted octanol–water partition coefficient (Wildman–Crippen LogP) is 0.864. The summed E-state index contributed by atoms with van der Waals surface area (Å²) in [5.74, 6) is 5.99. The van der Waals surface area contributed by atoms with Crippen LogP contribution in [-0.2, 0) is 4.79 Å². The summed E-state index contributed by atoms with van der Waals surface area (Å²) in [5, 5.41) is -0.201. The van der Waals surface area contributed by atoms with E-state index in [1.807, 2.05) is 19.1 Å². The van der Waals surface area contributed by atoms with E-state index >= 15 is 0 Å². The maximum atomic E-state index is 11.6. The first kappa shape index (κ1) is 11.3. The Bertz CT molecular complexity index is 379. The van der Waals surface area contributed by atoms with Crippen LogP contribution in [0.5, 0.6) is 0 Å². The fraction of sp³-hybridized carbons (Fsp3) is 0.364. The summed E-state index contributed by atoms with van der Waals surface area (Å²) < 4.78 is 0. The van der Waals surface area contributed by atoms with Crippen LogP contribution < -0.4 is 16.2 Å². The summed E-state index contributed by atoms with van der Waals surface area (Å²) in [4.78, 5) is 13.6. The number of benzene rings is 1. The van der Waals surface area contributed by atoms with E-state index in [1.54, 1.807) is 11.8 Å². The van der Waals surface area contributed by atoms with Crippen LogP contribution in [0.2, 0.25) is 0 Å². The maximum Gasteiger partial charge on any atom is 0.267 e. The molecule has 4 nitrogen and oxygen atoms in total. The van der Waals surface area contributed by atoms with E-state index in [2.05, 4.69) is 22.5 Å². The van der Waals surface area contributed by atoms with Crippen LogP contribution in [0.3, 0.4) is 0 Å². The number of nitrogens with zero attached hydrogens (tertiary/aromatic N) is 1. The molecule has 1 aliphatic rings. The van der Waals surface area contributed by atoms with Crippen LogP contribution in [-0.4, -0.2) is 23.6 Å². The van der Waals surface area contributed by atoms with E-state index in [0.29, 0.717) is 0 Å². The number of aryl methyl sites for hydroxylation is 1. The summed E-state index contributed by atoms with van der Waals surface area (Å²) in [6.45, 7) is 2.93. The van der Waals surface area contributed by atoms with Gasteiger partial charge in [-0.3, -0.25) is 10.2 Å². The third kappa shape index (κ3) is 2.15. The second-order valence-corrected chi connectivity index (χ2v) is 4.95. The van der Waals surface area contributed by atoms with E-state index in [1.165, 1.54) is 5.56 Å². The van der Waals surface area contributed by atoms with Crippen LogP contribution >= 0.6 is 11.8 Å². The zero-order valence-electron chi connectivity index (χ0n) is 9.14. The number of nitrogens with two attached hydrogens (primary N) is 1. The first-order valence-electron chi connectivity index (χ1n) is 5.18. The minimum absolute atomic E-state index is 0.136. The third-order valence-corrected chi connectivity index (χ3v) is 3.83. The number of nitrogens with one attached hydrogen (secondary N) is 1. The van der Waals surface area contributed by atoms with Gasteiger partial charge in [-0.25, -0.2) is 5.84 Å². The zero-order chi connectivity index (χ0) is 11.5. The van der Waals surface area contributed by atoms with E-state index in [4.69, 9.17) is 5.84 Å². The van der Waals surface area contributed by atoms with Gasteiger partial charge in [0.15, 0.2) is 5.37 Å². The van der Waals surface area contributed by atoms with Gasteiger partial charge in [0.1, 0.15) is 0 Å². The molecule has 0 aliphatic carbocycles. The van der Waals surface area contributed by atoms with E-state index < -0.39 is 0 Å². The van der Waals surface area contributed by atoms with Crippen LogP contribution in [0.4, 0.5) is 5.69 Å². The lowest BCUT2D eigenvalue weighted by Gasteiger charge is -2.24. The van der Waals surface area contributed by atoms with Crippen molar-refractivity contribution in [2.45, 2.75) is 12.3 Å². The Hall–Kier alpha value is -1.20. The molecule has 1 fully saturated rings. The number of hydrazine groups is 1. The molecule has 0 aromatic heterocycles. The molecule has 16 heavy (non-hydrogen) atoms. The van der Waals surface area contributed by atoms with Gasteiger partial charge in [0.2, 0.25) is 0 Å². The number of hydrogen-bond acceptors (Lipinski definition) is 4. The topological polar surface area (TPSA) is 58.4 Å². The van der Waals surface area contributed by atoms with Crippen molar-refractivity contribution in [3.8, 4) is 0 Å². The van der Waals surface area contributed by atoms with Crippen molar-refractivity contribution < 1.29 is 4.79 Å². The van der Waals surface area contributed by atoms with Gasteiger partial charge in [0.05, 0.1) is 0 Å². The molecule has 0 unspecified atom stereocenters. The van der Waals surface area contributed by atoms with E-state index in [9.17, 15) is 4.79 Å². The van der Waals surface area contributed by atoms with Gasteiger partial charge in [0.25, 0.3) is 5.91 Å². The van der Waals surface area contributed by atoms with Crippen molar-refractivity contribution >= 4 is 23.4 Å². The van der Waals surface area contributed by atoms with Gasteiger partial charge in [-0.2, -0.15) is 0 Å². The van der Waals surface area contributed by atoms with Gasteiger partial charge in [-0.05, 0) is 19.1 Å². The number of carbonyl (C=O) groups is 1. The van der Waals surface area contributed by atoms with Crippen molar-refractivity contribution in [2.24, 2.45) is 5.84 Å². The Balaban J connectivity index is 2.19. The first-order valence-corrected chi connectivity index (χ1v) is 6.22. The average molecular weight is 237 g/mol. The fourth-order valence-corrected chi connectivity index (χ4v) is 2.91. The Morgan fingerprint density at radius 2 is 2.19 bits per heavy atom. The molecule has 86 valence electrons. The van der Waals surface area contributed by atoms with Gasteiger partial charge < -0.3 is 4.90 Å². The molecule has 0 radical (unpaired) electrons. The molecular formula is C11H15N3OS. The highest BCUT2D eigenvalue weighted by molar-refractivity contribution is 8.01. The van der Waals surface area contributed by atoms with Crippen molar-refractivity contribution in [1.82, 2.24) is 5.43 Å². The van der Waals surface area contributed by atoms with Crippen molar-refractivity contribution in [2.75, 3.05) is 17.2 Å². The normalized spacial score (nSPS) is 19.9. The molecule has 0 saturated carbocycles. The van der Waals surface area contributed by atoms with Gasteiger partial charge in [0, 0.05) is 18.0 Å². The monoisotopic (exact) mass is 237 g/mol. The number of rotatable bonds is 2. The number of hydrogen-bond donors (Lipinski definition) is 2. The fourth-order valence-electron chi connectivity index (χ4n) is 1.76. The average Bonchev–Trinajstić information content (AvgIpc) is 2.78. The molecule has 0 bridgehead atoms. The highest BCUT2D eigenvalue weighted by atomic mass is 32.2. The lowest BCUT2D eigenvalue weighted by Crippen LogP contribution is -2.44. The molecule has 1 amide bonds. The molecule has 1 heterocycles. The van der Waals surface area contributed by atoms with Gasteiger partial charge >= 0.3 is 0 Å². The molecule has 5 heteroatoms. The minimum Gasteiger partial charge on any atom is -0.351 e. The van der Waals surface area contributed by atoms with Gasteiger partial charge in [-0.1, -0.05) is 17.7 Å². The van der Waals surface area contributed by atoms with Crippen LogP contribution in [0.15, 0.2) is 24.3 Å². The lowest BCUT2D eigenvalue weighted by molar-refractivity contribution is -0.120. The molecule has 1 saturated heterocycles. The molecule has 3 N–H and O–H groups in total. The quantitative estimate of drug-likeness (QED) is 0.455. The summed E-state index contributed by atoms with van der Waals surface area (Å²) in [6.07, 6.45) is 0. The first-order chi connectivity index (χ1) is 7.72. The molecule has 0 spiro atoms. The third-order valence-electron chi connectivity index (χ3n) is 2.62. The lowest BCUT2D eigenvalue weighted by atomic mass is 10.2. The van der Waals surface area contributed by atoms with E-state index in [-0.39, 0.29) is 11.3 Å². The Kier molecular flexibility index (Phi) is 3.36. The number of thioether (sulfide) groups is 1. The van der Waals surface area contributed by atoms with Crippen molar-refractivity contribution in [3.05, 3.63) is 29.8 Å². The molecule has 1 aromatic carbocycles. The van der Waals surface area contributed by atoms with Crippen LogP contribution in [0.25, 0.3) is 0 Å². The maximum absolute atomic E-state index is 11.6. The Labute approximate surface area is 99.2 Å². The molecule has 2 rings (SSSR count). The molecular weight excluding hydrogens is 222 g/mol. The standard InChI is InChI=1S/C11H15N3OS/c1-8-2-4-9(5-3-8)14-6-7-16-11(14)10(15)13-12/h2-5,11H,6-7,12H2,1H3,(H,13,15)/t11-/m0/s1. The summed E-state index contributed by atoms with van der Waals surface area (Å²) in [7, 11) is 0. The largest absolute Gasteiger partial charge is 0.351 e. The number of amides is 1. The number of anilines is 1. The van der Waals surface area contributed by atoms with Crippen LogP contribution in [0, 0.1) is 6.92 Å². The number of carbonyl (C=O) groups excluding carboxylic acids is 1. The van der Waals surface area contributed by atoms with Crippen LogP contribution in [0.1, 0.15) is 5.56 Å². The smallest absolute Gasteiger partial charge is 0.267 e. The Morgan fingerprint density at radius 3 is 2.81 bits per heavy atom. The summed E-state index contributed by atoms with van der Waals surface area (Å²) in [5.41, 5.74) is 4.51. The van der Waals surface area contributed by atoms with E-state index in [0.717, 1.165) is 18.0 Å². The SMILES string of the molecule is Cc1ccc(N2CCS[C@H]2C(=O)NN)cc1. The summed E-state index contributed by atoms with van der Waals surface area (Å²) >= 11 is 1.62. The molecule has 1 aliphatic heterocycles. The second-order valence-electron chi connectivity index (χ2n) is 3.76. The molecule has 1 aromatic rings. The predicted molar refractivity (Wildman–Crippen MR) is 67.1 cm³/mol. The minimum atomic E-state index is -0.201. The van der Waals surface area contributed by atoms with Crippen molar-refractivity contribution in [1.29, 1.82) is 0 Å². The second kappa shape index (κ2) is 4.76. The van der Waals surface area contributed by atoms with Gasteiger partial charge in [-0.15, -0.1) is 11.8 Å². The Morgan fingerprint density at radius 1 is 1.50 bits per heavy atom. The highest BCUT2D eigenvalue weighted by Crippen LogP contribution is 2.29. The highest BCUT2D eigenvalue weighted by Gasteiger charge is 2.30. The zero-order valence-corrected chi connectivity index (χ0v) is 9.96. The molecule has 1 atom stereocenters. The van der Waals surface area contributed by atoms with Crippen molar-refractivity contribution in [3.63, 3.8) is 0 Å². The summed E-state index contributed by atoms with van der Waals surface area (Å²) in [6, 6.07) is 8.18.